The summed E-state index contributed by atoms with van der Waals surface area (Å²) in [6, 6.07) is 6.73. The number of hydrogen-bond acceptors (Lipinski definition) is 3. The quantitative estimate of drug-likeness (QED) is 0.845. The predicted octanol–water partition coefficient (Wildman–Crippen LogP) is 2.93. The third-order valence-electron chi connectivity index (χ3n) is 2.74. The lowest BCUT2D eigenvalue weighted by molar-refractivity contribution is -0.109. The van der Waals surface area contributed by atoms with Gasteiger partial charge in [0.1, 0.15) is 17.9 Å². The molecule has 0 spiro atoms. The van der Waals surface area contributed by atoms with Crippen LogP contribution in [0.1, 0.15) is 32.4 Å². The molecule has 1 heterocycles. The summed E-state index contributed by atoms with van der Waals surface area (Å²) in [5.41, 5.74) is 1.11. The lowest BCUT2D eigenvalue weighted by atomic mass is 10.1. The van der Waals surface area contributed by atoms with Crippen LogP contribution in [-0.4, -0.2) is 23.0 Å². The van der Waals surface area contributed by atoms with Gasteiger partial charge >= 0.3 is 6.09 Å². The Morgan fingerprint density at radius 2 is 2.10 bits per heavy atom. The summed E-state index contributed by atoms with van der Waals surface area (Å²) in [4.78, 5) is 26.0. The number of ether oxygens (including phenoxy) is 1. The minimum atomic E-state index is -0.718. The Morgan fingerprint density at radius 3 is 2.75 bits per heavy atom. The SMILES string of the molecule is CC(C)(C)OC(=O)NC(C=O)c1ccc2[nH]ccc2c1. The minimum Gasteiger partial charge on any atom is -0.444 e. The van der Waals surface area contributed by atoms with Gasteiger partial charge in [0.15, 0.2) is 0 Å². The molecular formula is C15H18N2O3. The van der Waals surface area contributed by atoms with E-state index >= 15 is 0 Å². The van der Waals surface area contributed by atoms with Crippen molar-refractivity contribution in [3.05, 3.63) is 36.0 Å². The van der Waals surface area contributed by atoms with Crippen LogP contribution in [-0.2, 0) is 9.53 Å². The number of aldehydes is 1. The van der Waals surface area contributed by atoms with E-state index in [0.29, 0.717) is 6.29 Å². The first-order chi connectivity index (χ1) is 9.39. The number of H-pyrrole nitrogens is 1. The van der Waals surface area contributed by atoms with E-state index < -0.39 is 17.7 Å². The molecule has 0 bridgehead atoms. The third kappa shape index (κ3) is 3.38. The second-order valence-electron chi connectivity index (χ2n) is 5.58. The average molecular weight is 274 g/mol. The summed E-state index contributed by atoms with van der Waals surface area (Å²) in [6.07, 6.45) is 1.91. The van der Waals surface area contributed by atoms with E-state index in [9.17, 15) is 9.59 Å². The first kappa shape index (κ1) is 14.1. The van der Waals surface area contributed by atoms with Gasteiger partial charge in [-0.1, -0.05) is 6.07 Å². The van der Waals surface area contributed by atoms with Crippen LogP contribution in [0.3, 0.4) is 0 Å². The molecule has 106 valence electrons. The van der Waals surface area contributed by atoms with Gasteiger partial charge in [-0.05, 0) is 49.9 Å². The molecule has 1 unspecified atom stereocenters. The molecule has 0 aliphatic carbocycles. The van der Waals surface area contributed by atoms with Crippen LogP contribution in [0.25, 0.3) is 10.9 Å². The zero-order chi connectivity index (χ0) is 14.8. The molecule has 0 fully saturated rings. The number of fused-ring (bicyclic) bond motifs is 1. The van der Waals surface area contributed by atoms with Crippen LogP contribution < -0.4 is 5.32 Å². The number of alkyl carbamates (subject to hydrolysis) is 1. The number of aromatic amines is 1. The summed E-state index contributed by atoms with van der Waals surface area (Å²) >= 11 is 0. The topological polar surface area (TPSA) is 71.2 Å². The molecule has 0 aliphatic rings. The highest BCUT2D eigenvalue weighted by Gasteiger charge is 2.20. The lowest BCUT2D eigenvalue weighted by Crippen LogP contribution is -2.35. The highest BCUT2D eigenvalue weighted by Crippen LogP contribution is 2.19. The second-order valence-corrected chi connectivity index (χ2v) is 5.58. The number of aromatic nitrogens is 1. The van der Waals surface area contributed by atoms with Crippen molar-refractivity contribution in [1.82, 2.24) is 10.3 Å². The van der Waals surface area contributed by atoms with E-state index in [-0.39, 0.29) is 0 Å². The van der Waals surface area contributed by atoms with Gasteiger partial charge in [0.05, 0.1) is 0 Å². The Kier molecular flexibility index (Phi) is 3.79. The molecule has 2 aromatic rings. The zero-order valence-electron chi connectivity index (χ0n) is 11.8. The average Bonchev–Trinajstić information content (AvgIpc) is 2.80. The number of benzene rings is 1. The highest BCUT2D eigenvalue weighted by molar-refractivity contribution is 5.82. The Balaban J connectivity index is 2.15. The Labute approximate surface area is 117 Å². The molecule has 5 heteroatoms. The standard InChI is InChI=1S/C15H18N2O3/c1-15(2,3)20-14(19)17-13(9-18)10-4-5-12-11(8-10)6-7-16-12/h4-9,13,16H,1-3H3,(H,17,19). The maximum absolute atomic E-state index is 11.7. The van der Waals surface area contributed by atoms with Crippen molar-refractivity contribution < 1.29 is 14.3 Å². The molecule has 0 saturated carbocycles. The van der Waals surface area contributed by atoms with Crippen molar-refractivity contribution in [3.63, 3.8) is 0 Å². The Morgan fingerprint density at radius 1 is 1.35 bits per heavy atom. The van der Waals surface area contributed by atoms with E-state index in [1.165, 1.54) is 0 Å². The van der Waals surface area contributed by atoms with Crippen molar-refractivity contribution in [2.75, 3.05) is 0 Å². The largest absolute Gasteiger partial charge is 0.444 e. The molecule has 0 saturated heterocycles. The van der Waals surface area contributed by atoms with E-state index in [4.69, 9.17) is 4.74 Å². The summed E-state index contributed by atoms with van der Waals surface area (Å²) < 4.78 is 5.15. The normalized spacial score (nSPS) is 12.9. The summed E-state index contributed by atoms with van der Waals surface area (Å²) in [7, 11) is 0. The van der Waals surface area contributed by atoms with Crippen LogP contribution in [0.5, 0.6) is 0 Å². The maximum Gasteiger partial charge on any atom is 0.408 e. The molecule has 1 aromatic heterocycles. The molecule has 2 N–H and O–H groups in total. The summed E-state index contributed by atoms with van der Waals surface area (Å²) in [5.74, 6) is 0. The molecule has 1 amide bonds. The summed E-state index contributed by atoms with van der Waals surface area (Å²) in [5, 5.41) is 3.54. The fourth-order valence-corrected chi connectivity index (χ4v) is 1.90. The number of carbonyl (C=O) groups is 2. The van der Waals surface area contributed by atoms with Gasteiger partial charge in [0, 0.05) is 11.7 Å². The molecule has 5 nitrogen and oxygen atoms in total. The van der Waals surface area contributed by atoms with Crippen molar-refractivity contribution in [1.29, 1.82) is 0 Å². The predicted molar refractivity (Wildman–Crippen MR) is 76.5 cm³/mol. The van der Waals surface area contributed by atoms with E-state index in [1.54, 1.807) is 26.8 Å². The number of nitrogens with one attached hydrogen (secondary N) is 2. The van der Waals surface area contributed by atoms with Gasteiger partial charge in [-0.2, -0.15) is 0 Å². The number of amides is 1. The number of rotatable bonds is 3. The van der Waals surface area contributed by atoms with E-state index in [1.807, 2.05) is 24.4 Å². The van der Waals surface area contributed by atoms with Gasteiger partial charge < -0.3 is 19.8 Å². The minimum absolute atomic E-state index is 0.595. The Hall–Kier alpha value is -2.30. The monoisotopic (exact) mass is 274 g/mol. The van der Waals surface area contributed by atoms with Gasteiger partial charge in [-0.3, -0.25) is 0 Å². The molecule has 2 rings (SSSR count). The molecule has 0 aliphatic heterocycles. The van der Waals surface area contributed by atoms with Crippen LogP contribution >= 0.6 is 0 Å². The maximum atomic E-state index is 11.7. The molecule has 0 radical (unpaired) electrons. The van der Waals surface area contributed by atoms with Crippen LogP contribution in [0.4, 0.5) is 4.79 Å². The van der Waals surface area contributed by atoms with Crippen molar-refractivity contribution >= 4 is 23.3 Å². The van der Waals surface area contributed by atoms with Gasteiger partial charge in [0.25, 0.3) is 0 Å². The smallest absolute Gasteiger partial charge is 0.408 e. The Bertz CT molecular complexity index is 625. The van der Waals surface area contributed by atoms with Crippen molar-refractivity contribution in [3.8, 4) is 0 Å². The zero-order valence-corrected chi connectivity index (χ0v) is 11.8. The van der Waals surface area contributed by atoms with Crippen molar-refractivity contribution in [2.24, 2.45) is 0 Å². The van der Waals surface area contributed by atoms with Gasteiger partial charge in [-0.25, -0.2) is 4.79 Å². The first-order valence-electron chi connectivity index (χ1n) is 6.41. The fraction of sp³-hybridized carbons (Fsp3) is 0.333. The van der Waals surface area contributed by atoms with Crippen molar-refractivity contribution in [2.45, 2.75) is 32.4 Å². The number of carbonyl (C=O) groups excluding carboxylic acids is 2. The van der Waals surface area contributed by atoms with Crippen LogP contribution in [0.15, 0.2) is 30.5 Å². The second kappa shape index (κ2) is 5.36. The highest BCUT2D eigenvalue weighted by atomic mass is 16.6. The van der Waals surface area contributed by atoms with Crippen LogP contribution in [0, 0.1) is 0 Å². The molecular weight excluding hydrogens is 256 g/mol. The fourth-order valence-electron chi connectivity index (χ4n) is 1.90. The van der Waals surface area contributed by atoms with Gasteiger partial charge in [0.2, 0.25) is 0 Å². The molecule has 1 aromatic carbocycles. The lowest BCUT2D eigenvalue weighted by Gasteiger charge is -2.21. The van der Waals surface area contributed by atoms with E-state index in [0.717, 1.165) is 16.5 Å². The molecule has 20 heavy (non-hydrogen) atoms. The van der Waals surface area contributed by atoms with E-state index in [2.05, 4.69) is 10.3 Å². The third-order valence-corrected chi connectivity index (χ3v) is 2.74. The number of hydrogen-bond donors (Lipinski definition) is 2. The van der Waals surface area contributed by atoms with Crippen LogP contribution in [0.2, 0.25) is 0 Å². The summed E-state index contributed by atoms with van der Waals surface area (Å²) in [6.45, 7) is 5.32. The molecule has 1 atom stereocenters. The van der Waals surface area contributed by atoms with Gasteiger partial charge in [-0.15, -0.1) is 0 Å². The first-order valence-corrected chi connectivity index (χ1v) is 6.41.